The van der Waals surface area contributed by atoms with Crippen LogP contribution in [-0.4, -0.2) is 46.1 Å². The molecule has 3 rings (SSSR count). The molecular formula is C18H23N3O2. The Morgan fingerprint density at radius 2 is 2.17 bits per heavy atom. The summed E-state index contributed by atoms with van der Waals surface area (Å²) in [6, 6.07) is 9.34. The van der Waals surface area contributed by atoms with Gasteiger partial charge in [0.25, 0.3) is 0 Å². The van der Waals surface area contributed by atoms with Gasteiger partial charge < -0.3 is 10.4 Å². The van der Waals surface area contributed by atoms with Crippen LogP contribution in [0.25, 0.3) is 10.9 Å². The monoisotopic (exact) mass is 313 g/mol. The van der Waals surface area contributed by atoms with Crippen molar-refractivity contribution in [1.29, 1.82) is 0 Å². The summed E-state index contributed by atoms with van der Waals surface area (Å²) in [6.45, 7) is 5.36. The second kappa shape index (κ2) is 6.64. The number of aliphatic hydroxyl groups is 1. The van der Waals surface area contributed by atoms with Gasteiger partial charge in [0.05, 0.1) is 23.3 Å². The average Bonchev–Trinajstić information content (AvgIpc) is 3.04. The Labute approximate surface area is 136 Å². The fraction of sp³-hybridized carbons (Fsp3) is 0.444. The van der Waals surface area contributed by atoms with E-state index in [1.807, 2.05) is 44.2 Å². The number of carbonyl (C=O) groups is 1. The fourth-order valence-electron chi connectivity index (χ4n) is 3.18. The molecule has 3 atom stereocenters. The molecule has 2 heterocycles. The molecule has 1 saturated heterocycles. The highest BCUT2D eigenvalue weighted by atomic mass is 16.3. The van der Waals surface area contributed by atoms with Crippen molar-refractivity contribution < 1.29 is 9.90 Å². The number of rotatable bonds is 4. The van der Waals surface area contributed by atoms with Crippen LogP contribution in [0.3, 0.4) is 0 Å². The molecule has 122 valence electrons. The van der Waals surface area contributed by atoms with E-state index in [4.69, 9.17) is 0 Å². The number of hydrogen-bond acceptors (Lipinski definition) is 4. The minimum atomic E-state index is -0.320. The van der Waals surface area contributed by atoms with Crippen molar-refractivity contribution in [2.24, 2.45) is 5.92 Å². The van der Waals surface area contributed by atoms with Crippen molar-refractivity contribution >= 4 is 22.5 Å². The number of aliphatic hydroxyl groups excluding tert-OH is 1. The molecule has 1 aromatic carbocycles. The summed E-state index contributed by atoms with van der Waals surface area (Å²) in [6.07, 6.45) is 2.36. The lowest BCUT2D eigenvalue weighted by atomic mass is 10.0. The van der Waals surface area contributed by atoms with Crippen molar-refractivity contribution in [3.8, 4) is 0 Å². The van der Waals surface area contributed by atoms with E-state index < -0.39 is 0 Å². The summed E-state index contributed by atoms with van der Waals surface area (Å²) in [5, 5.41) is 13.7. The van der Waals surface area contributed by atoms with Gasteiger partial charge in [-0.2, -0.15) is 0 Å². The van der Waals surface area contributed by atoms with Gasteiger partial charge >= 0.3 is 0 Å². The Hall–Kier alpha value is -1.98. The number of hydrogen-bond donors (Lipinski definition) is 2. The van der Waals surface area contributed by atoms with Gasteiger partial charge in [-0.25, -0.2) is 0 Å². The number of pyridine rings is 1. The first-order valence-corrected chi connectivity index (χ1v) is 8.13. The Kier molecular flexibility index (Phi) is 4.59. The van der Waals surface area contributed by atoms with Crippen LogP contribution in [0.2, 0.25) is 0 Å². The molecule has 5 nitrogen and oxygen atoms in total. The van der Waals surface area contributed by atoms with Gasteiger partial charge in [-0.05, 0) is 57.0 Å². The second-order valence-corrected chi connectivity index (χ2v) is 6.33. The van der Waals surface area contributed by atoms with Crippen molar-refractivity contribution in [2.45, 2.75) is 32.4 Å². The van der Waals surface area contributed by atoms with Gasteiger partial charge in [0.2, 0.25) is 5.91 Å². The van der Waals surface area contributed by atoms with E-state index in [0.29, 0.717) is 0 Å². The molecule has 0 spiro atoms. The van der Waals surface area contributed by atoms with E-state index in [1.165, 1.54) is 0 Å². The fourth-order valence-corrected chi connectivity index (χ4v) is 3.18. The number of benzene rings is 1. The Bertz CT molecular complexity index is 696. The molecule has 1 aliphatic rings. The summed E-state index contributed by atoms with van der Waals surface area (Å²) in [4.78, 5) is 19.0. The highest BCUT2D eigenvalue weighted by molar-refractivity contribution is 6.02. The standard InChI is InChI=1S/C18H23N3O2/c1-12(21-10-8-14(11-21)13(2)22)18(23)20-17-7-3-6-16-15(17)5-4-9-19-16/h3-7,9,12-14,22H,8,10-11H2,1-2H3,(H,20,23). The van der Waals surface area contributed by atoms with Gasteiger partial charge in [-0.3, -0.25) is 14.7 Å². The average molecular weight is 313 g/mol. The van der Waals surface area contributed by atoms with Crippen LogP contribution in [-0.2, 0) is 4.79 Å². The van der Waals surface area contributed by atoms with Gasteiger partial charge in [-0.15, -0.1) is 0 Å². The van der Waals surface area contributed by atoms with Crippen LogP contribution in [0.5, 0.6) is 0 Å². The van der Waals surface area contributed by atoms with E-state index in [9.17, 15) is 9.90 Å². The predicted molar refractivity (Wildman–Crippen MR) is 91.2 cm³/mol. The number of anilines is 1. The highest BCUT2D eigenvalue weighted by Gasteiger charge is 2.31. The maximum Gasteiger partial charge on any atom is 0.241 e. The minimum Gasteiger partial charge on any atom is -0.393 e. The molecule has 0 aliphatic carbocycles. The number of amides is 1. The molecule has 0 saturated carbocycles. The minimum absolute atomic E-state index is 0.0207. The quantitative estimate of drug-likeness (QED) is 0.909. The molecule has 1 amide bonds. The third kappa shape index (κ3) is 3.35. The summed E-state index contributed by atoms with van der Waals surface area (Å²) >= 11 is 0. The SMILES string of the molecule is CC(O)C1CCN(C(C)C(=O)Nc2cccc3ncccc23)C1. The number of nitrogens with zero attached hydrogens (tertiary/aromatic N) is 2. The zero-order valence-corrected chi connectivity index (χ0v) is 13.6. The zero-order valence-electron chi connectivity index (χ0n) is 13.6. The van der Waals surface area contributed by atoms with E-state index in [1.54, 1.807) is 6.20 Å². The first-order chi connectivity index (χ1) is 11.1. The van der Waals surface area contributed by atoms with Crippen LogP contribution in [0.1, 0.15) is 20.3 Å². The first-order valence-electron chi connectivity index (χ1n) is 8.13. The Morgan fingerprint density at radius 3 is 2.91 bits per heavy atom. The van der Waals surface area contributed by atoms with Crippen LogP contribution in [0.15, 0.2) is 36.5 Å². The highest BCUT2D eigenvalue weighted by Crippen LogP contribution is 2.24. The summed E-state index contributed by atoms with van der Waals surface area (Å²) in [5.74, 6) is 0.236. The van der Waals surface area contributed by atoms with E-state index in [-0.39, 0.29) is 24.0 Å². The predicted octanol–water partition coefficient (Wildman–Crippen LogP) is 2.26. The zero-order chi connectivity index (χ0) is 16.4. The lowest BCUT2D eigenvalue weighted by Crippen LogP contribution is -2.41. The smallest absolute Gasteiger partial charge is 0.241 e. The molecular weight excluding hydrogens is 290 g/mol. The Morgan fingerprint density at radius 1 is 1.35 bits per heavy atom. The molecule has 23 heavy (non-hydrogen) atoms. The molecule has 0 bridgehead atoms. The van der Waals surface area contributed by atoms with Crippen LogP contribution >= 0.6 is 0 Å². The number of fused-ring (bicyclic) bond motifs is 1. The van der Waals surface area contributed by atoms with Crippen LogP contribution in [0, 0.1) is 5.92 Å². The van der Waals surface area contributed by atoms with E-state index in [2.05, 4.69) is 15.2 Å². The second-order valence-electron chi connectivity index (χ2n) is 6.33. The number of carbonyl (C=O) groups excluding carboxylic acids is 1. The summed E-state index contributed by atoms with van der Waals surface area (Å²) < 4.78 is 0. The maximum atomic E-state index is 12.6. The molecule has 3 unspecified atom stereocenters. The third-order valence-corrected chi connectivity index (χ3v) is 4.77. The van der Waals surface area contributed by atoms with Gasteiger partial charge in [0.1, 0.15) is 0 Å². The number of nitrogens with one attached hydrogen (secondary N) is 1. The van der Waals surface area contributed by atoms with Crippen molar-refractivity contribution in [2.75, 3.05) is 18.4 Å². The van der Waals surface area contributed by atoms with Crippen molar-refractivity contribution in [3.63, 3.8) is 0 Å². The number of aromatic nitrogens is 1. The van der Waals surface area contributed by atoms with Crippen LogP contribution < -0.4 is 5.32 Å². The maximum absolute atomic E-state index is 12.6. The van der Waals surface area contributed by atoms with Crippen LogP contribution in [0.4, 0.5) is 5.69 Å². The molecule has 1 aromatic heterocycles. The largest absolute Gasteiger partial charge is 0.393 e. The molecule has 2 aromatic rings. The van der Waals surface area contributed by atoms with Gasteiger partial charge in [0.15, 0.2) is 0 Å². The van der Waals surface area contributed by atoms with Gasteiger partial charge in [0, 0.05) is 18.1 Å². The first kappa shape index (κ1) is 15.9. The van der Waals surface area contributed by atoms with Gasteiger partial charge in [-0.1, -0.05) is 6.07 Å². The molecule has 1 fully saturated rings. The van der Waals surface area contributed by atoms with Crippen molar-refractivity contribution in [3.05, 3.63) is 36.5 Å². The van der Waals surface area contributed by atoms with E-state index in [0.717, 1.165) is 36.1 Å². The van der Waals surface area contributed by atoms with E-state index >= 15 is 0 Å². The lowest BCUT2D eigenvalue weighted by molar-refractivity contribution is -0.120. The Balaban J connectivity index is 1.71. The third-order valence-electron chi connectivity index (χ3n) is 4.77. The number of likely N-dealkylation sites (tertiary alicyclic amines) is 1. The molecule has 1 aliphatic heterocycles. The van der Waals surface area contributed by atoms with Crippen molar-refractivity contribution in [1.82, 2.24) is 9.88 Å². The lowest BCUT2D eigenvalue weighted by Gasteiger charge is -2.24. The molecule has 5 heteroatoms. The summed E-state index contributed by atoms with van der Waals surface area (Å²) in [5.41, 5.74) is 1.66. The topological polar surface area (TPSA) is 65.5 Å². The summed E-state index contributed by atoms with van der Waals surface area (Å²) in [7, 11) is 0. The normalized spacial score (nSPS) is 21.3. The molecule has 2 N–H and O–H groups in total. The molecule has 0 radical (unpaired) electrons.